The van der Waals surface area contributed by atoms with Crippen LogP contribution in [0.1, 0.15) is 33.4 Å². The maximum atomic E-state index is 13.1. The maximum Gasteiger partial charge on any atom is 0.210 e. The van der Waals surface area contributed by atoms with Gasteiger partial charge in [0.1, 0.15) is 16.4 Å². The van der Waals surface area contributed by atoms with Crippen LogP contribution in [0, 0.1) is 41.5 Å². The van der Waals surface area contributed by atoms with E-state index in [2.05, 4.69) is 0 Å². The molecule has 4 nitrogen and oxygen atoms in total. The highest BCUT2D eigenvalue weighted by atomic mass is 32.2. The van der Waals surface area contributed by atoms with Crippen molar-refractivity contribution in [2.75, 3.05) is 0 Å². The van der Waals surface area contributed by atoms with Crippen molar-refractivity contribution in [3.63, 3.8) is 0 Å². The molecule has 0 aliphatic rings. The van der Waals surface area contributed by atoms with Crippen LogP contribution in [0.4, 0.5) is 0 Å². The van der Waals surface area contributed by atoms with E-state index in [0.717, 1.165) is 5.56 Å². The van der Waals surface area contributed by atoms with E-state index < -0.39 is 9.84 Å². The number of hydrogen-bond acceptors (Lipinski definition) is 4. The quantitative estimate of drug-likeness (QED) is 0.876. The molecule has 2 aromatic carbocycles. The number of phenolic OH excluding ortho intramolecular Hbond substituents is 2. The van der Waals surface area contributed by atoms with Crippen LogP contribution in [-0.4, -0.2) is 18.6 Å². The van der Waals surface area contributed by atoms with E-state index in [4.69, 9.17) is 0 Å². The van der Waals surface area contributed by atoms with Crippen molar-refractivity contribution < 1.29 is 18.6 Å². The Morgan fingerprint density at radius 2 is 1.22 bits per heavy atom. The first-order chi connectivity index (χ1) is 10.5. The van der Waals surface area contributed by atoms with Crippen molar-refractivity contribution in [1.82, 2.24) is 0 Å². The Morgan fingerprint density at radius 3 is 1.78 bits per heavy atom. The van der Waals surface area contributed by atoms with Gasteiger partial charge in [-0.2, -0.15) is 0 Å². The van der Waals surface area contributed by atoms with Gasteiger partial charge in [-0.3, -0.25) is 0 Å². The normalized spacial score (nSPS) is 11.7. The van der Waals surface area contributed by atoms with Crippen molar-refractivity contribution in [2.24, 2.45) is 0 Å². The van der Waals surface area contributed by atoms with Gasteiger partial charge in [0.2, 0.25) is 9.84 Å². The second kappa shape index (κ2) is 5.57. The van der Waals surface area contributed by atoms with E-state index in [1.54, 1.807) is 46.8 Å². The van der Waals surface area contributed by atoms with Crippen LogP contribution in [0.15, 0.2) is 21.9 Å². The summed E-state index contributed by atoms with van der Waals surface area (Å²) in [5.74, 6) is -0.254. The Balaban J connectivity index is 2.91. The fourth-order valence-corrected chi connectivity index (χ4v) is 4.78. The van der Waals surface area contributed by atoms with Gasteiger partial charge in [0.05, 0.1) is 4.90 Å². The van der Waals surface area contributed by atoms with Gasteiger partial charge in [0, 0.05) is 5.56 Å². The molecule has 0 aliphatic carbocycles. The molecule has 5 heteroatoms. The largest absolute Gasteiger partial charge is 0.507 e. The minimum absolute atomic E-state index is 0.0231. The molecule has 0 atom stereocenters. The summed E-state index contributed by atoms with van der Waals surface area (Å²) in [5.41, 5.74) is 3.47. The van der Waals surface area contributed by atoms with Crippen LogP contribution in [-0.2, 0) is 9.84 Å². The molecule has 0 heterocycles. The van der Waals surface area contributed by atoms with Crippen molar-refractivity contribution in [1.29, 1.82) is 0 Å². The first-order valence-corrected chi connectivity index (χ1v) is 8.83. The van der Waals surface area contributed by atoms with Crippen molar-refractivity contribution >= 4 is 9.84 Å². The number of hydrogen-bond donors (Lipinski definition) is 2. The average Bonchev–Trinajstić information content (AvgIpc) is 2.46. The summed E-state index contributed by atoms with van der Waals surface area (Å²) in [6.45, 7) is 10.2. The molecule has 0 saturated carbocycles. The third-order valence-electron chi connectivity index (χ3n) is 4.53. The molecule has 0 saturated heterocycles. The van der Waals surface area contributed by atoms with Gasteiger partial charge in [0.15, 0.2) is 0 Å². The zero-order chi connectivity index (χ0) is 17.7. The van der Waals surface area contributed by atoms with Crippen LogP contribution >= 0.6 is 0 Å². The van der Waals surface area contributed by atoms with Crippen LogP contribution in [0.5, 0.6) is 11.5 Å². The molecule has 2 rings (SSSR count). The third-order valence-corrected chi connectivity index (χ3v) is 6.57. The van der Waals surface area contributed by atoms with Gasteiger partial charge in [-0.05, 0) is 75.4 Å². The smallest absolute Gasteiger partial charge is 0.210 e. The summed E-state index contributed by atoms with van der Waals surface area (Å²) in [6.07, 6.45) is 0. The van der Waals surface area contributed by atoms with Crippen LogP contribution in [0.2, 0.25) is 0 Å². The second-order valence-corrected chi connectivity index (χ2v) is 7.96. The summed E-state index contributed by atoms with van der Waals surface area (Å²) in [6, 6.07) is 3.31. The molecule has 23 heavy (non-hydrogen) atoms. The van der Waals surface area contributed by atoms with E-state index in [9.17, 15) is 18.6 Å². The number of rotatable bonds is 2. The van der Waals surface area contributed by atoms with Crippen LogP contribution in [0.3, 0.4) is 0 Å². The Kier molecular flexibility index (Phi) is 4.20. The number of sulfone groups is 1. The first kappa shape index (κ1) is 17.3. The van der Waals surface area contributed by atoms with Gasteiger partial charge in [0.25, 0.3) is 0 Å². The lowest BCUT2D eigenvalue weighted by Gasteiger charge is -2.17. The van der Waals surface area contributed by atoms with Gasteiger partial charge >= 0.3 is 0 Å². The SMILES string of the molecule is Cc1cc(S(=O)(=O)c2c(C)c(C)cc(C)c2O)c(C)c(O)c1C. The summed E-state index contributed by atoms with van der Waals surface area (Å²) in [7, 11) is -3.95. The molecule has 0 unspecified atom stereocenters. The summed E-state index contributed by atoms with van der Waals surface area (Å²) >= 11 is 0. The Labute approximate surface area is 137 Å². The topological polar surface area (TPSA) is 74.6 Å². The average molecular weight is 334 g/mol. The lowest BCUT2D eigenvalue weighted by atomic mass is 10.1. The highest BCUT2D eigenvalue weighted by Crippen LogP contribution is 2.39. The monoisotopic (exact) mass is 334 g/mol. The van der Waals surface area contributed by atoms with E-state index in [-0.39, 0.29) is 21.3 Å². The molecule has 2 N–H and O–H groups in total. The summed E-state index contributed by atoms with van der Waals surface area (Å²) in [4.78, 5) is -0.0535. The van der Waals surface area contributed by atoms with Crippen molar-refractivity contribution in [3.8, 4) is 11.5 Å². The molecule has 0 aliphatic heterocycles. The highest BCUT2D eigenvalue weighted by Gasteiger charge is 2.29. The van der Waals surface area contributed by atoms with E-state index in [1.807, 2.05) is 6.92 Å². The summed E-state index contributed by atoms with van der Waals surface area (Å²) in [5, 5.41) is 20.5. The molecule has 0 radical (unpaired) electrons. The fourth-order valence-electron chi connectivity index (χ4n) is 2.75. The second-order valence-electron chi connectivity index (χ2n) is 6.11. The Bertz CT molecular complexity index is 883. The molecule has 124 valence electrons. The third kappa shape index (κ3) is 2.59. The zero-order valence-corrected chi connectivity index (χ0v) is 15.1. The van der Waals surface area contributed by atoms with Crippen LogP contribution in [0.25, 0.3) is 0 Å². The van der Waals surface area contributed by atoms with Crippen LogP contribution < -0.4 is 0 Å². The molecule has 0 fully saturated rings. The predicted molar refractivity (Wildman–Crippen MR) is 90.1 cm³/mol. The van der Waals surface area contributed by atoms with E-state index in [1.165, 1.54) is 0 Å². The van der Waals surface area contributed by atoms with Gasteiger partial charge in [-0.1, -0.05) is 6.07 Å². The van der Waals surface area contributed by atoms with E-state index >= 15 is 0 Å². The molecule has 0 spiro atoms. The molecular formula is C18H22O4S. The lowest BCUT2D eigenvalue weighted by molar-refractivity contribution is 0.452. The molecule has 0 bridgehead atoms. The maximum absolute atomic E-state index is 13.1. The number of phenols is 2. The molecule has 2 aromatic rings. The van der Waals surface area contributed by atoms with Gasteiger partial charge in [-0.25, -0.2) is 8.42 Å². The number of aromatic hydroxyl groups is 2. The fraction of sp³-hybridized carbons (Fsp3) is 0.333. The van der Waals surface area contributed by atoms with Crippen molar-refractivity contribution in [3.05, 3.63) is 45.5 Å². The molecule has 0 amide bonds. The predicted octanol–water partition coefficient (Wildman–Crippen LogP) is 3.78. The van der Waals surface area contributed by atoms with Gasteiger partial charge < -0.3 is 10.2 Å². The number of benzene rings is 2. The molecule has 0 aromatic heterocycles. The Hall–Kier alpha value is -2.01. The zero-order valence-electron chi connectivity index (χ0n) is 14.3. The standard InChI is InChI=1S/C18H22O4S/c1-9-7-11(3)16(19)18(13(9)5)23(21,22)15-8-10(2)12(4)17(20)14(15)6/h7-8,19-20H,1-6H3. The summed E-state index contributed by atoms with van der Waals surface area (Å²) < 4.78 is 26.3. The van der Waals surface area contributed by atoms with Gasteiger partial charge in [-0.15, -0.1) is 0 Å². The highest BCUT2D eigenvalue weighted by molar-refractivity contribution is 7.91. The number of aryl methyl sites for hydroxylation is 3. The first-order valence-electron chi connectivity index (χ1n) is 7.34. The Morgan fingerprint density at radius 1 is 0.696 bits per heavy atom. The minimum Gasteiger partial charge on any atom is -0.507 e. The van der Waals surface area contributed by atoms with Crippen molar-refractivity contribution in [2.45, 2.75) is 51.3 Å². The lowest BCUT2D eigenvalue weighted by Crippen LogP contribution is -2.09. The van der Waals surface area contributed by atoms with E-state index in [0.29, 0.717) is 27.8 Å². The minimum atomic E-state index is -3.95. The molecular weight excluding hydrogens is 312 g/mol.